The van der Waals surface area contributed by atoms with Crippen LogP contribution < -0.4 is 4.31 Å². The van der Waals surface area contributed by atoms with Crippen LogP contribution in [-0.2, 0) is 22.2 Å². The van der Waals surface area contributed by atoms with Gasteiger partial charge in [-0.1, -0.05) is 63.2 Å². The molecule has 0 heterocycles. The highest BCUT2D eigenvalue weighted by atomic mass is 32.2. The minimum absolute atomic E-state index is 0.0767. The van der Waals surface area contributed by atoms with Gasteiger partial charge in [0.15, 0.2) is 0 Å². The van der Waals surface area contributed by atoms with Crippen molar-refractivity contribution in [3.05, 3.63) is 65.7 Å². The van der Waals surface area contributed by atoms with Crippen molar-refractivity contribution < 1.29 is 8.42 Å². The largest absolute Gasteiger partial charge is 0.303 e. The van der Waals surface area contributed by atoms with Gasteiger partial charge in [-0.05, 0) is 28.7 Å². The number of benzene rings is 2. The van der Waals surface area contributed by atoms with Crippen LogP contribution in [0.15, 0.2) is 54.6 Å². The molecule has 2 aromatic rings. The molecular weight excluding hydrogens is 320 g/mol. The molecule has 0 spiro atoms. The summed E-state index contributed by atoms with van der Waals surface area (Å²) in [6.07, 6.45) is 0. The summed E-state index contributed by atoms with van der Waals surface area (Å²) in [6, 6.07) is 17.3. The molecule has 0 saturated carbocycles. The number of anilines is 1. The average Bonchev–Trinajstić information content (AvgIpc) is 2.52. The summed E-state index contributed by atoms with van der Waals surface area (Å²) < 4.78 is 28.1. The van der Waals surface area contributed by atoms with Gasteiger partial charge in [-0.15, -0.1) is 0 Å². The van der Waals surface area contributed by atoms with E-state index >= 15 is 0 Å². The molecule has 0 aliphatic rings. The molecule has 0 aromatic heterocycles. The van der Waals surface area contributed by atoms with Crippen LogP contribution in [0.25, 0.3) is 0 Å². The lowest BCUT2D eigenvalue weighted by atomic mass is 9.87. The topological polar surface area (TPSA) is 40.6 Å². The number of hydrogen-bond donors (Lipinski definition) is 0. The predicted octanol–water partition coefficient (Wildman–Crippen LogP) is 3.80. The average molecular weight is 346 g/mol. The Morgan fingerprint density at radius 3 is 1.88 bits per heavy atom. The molecule has 0 N–H and O–H groups in total. The predicted molar refractivity (Wildman–Crippen MR) is 100 cm³/mol. The van der Waals surface area contributed by atoms with Crippen LogP contribution in [0.1, 0.15) is 31.9 Å². The fourth-order valence-corrected chi connectivity index (χ4v) is 3.47. The summed E-state index contributed by atoms with van der Waals surface area (Å²) in [5.41, 5.74) is 2.92. The monoisotopic (exact) mass is 346 g/mol. The van der Waals surface area contributed by atoms with E-state index in [1.165, 1.54) is 14.2 Å². The van der Waals surface area contributed by atoms with Gasteiger partial charge in [-0.2, -0.15) is 12.7 Å². The van der Waals surface area contributed by atoms with E-state index in [-0.39, 0.29) is 5.41 Å². The van der Waals surface area contributed by atoms with Crippen LogP contribution in [0.3, 0.4) is 0 Å². The number of rotatable bonds is 5. The van der Waals surface area contributed by atoms with Crippen molar-refractivity contribution in [1.82, 2.24) is 4.31 Å². The fourth-order valence-electron chi connectivity index (χ4n) is 2.37. The Hall–Kier alpha value is -1.85. The third kappa shape index (κ3) is 4.16. The zero-order valence-electron chi connectivity index (χ0n) is 15.0. The maximum absolute atomic E-state index is 12.7. The molecule has 4 nitrogen and oxygen atoms in total. The molecule has 0 bridgehead atoms. The van der Waals surface area contributed by atoms with Gasteiger partial charge in [-0.3, -0.25) is 4.31 Å². The summed E-state index contributed by atoms with van der Waals surface area (Å²) in [5.74, 6) is 0. The molecule has 130 valence electrons. The summed E-state index contributed by atoms with van der Waals surface area (Å²) in [4.78, 5) is 0. The standard InChI is InChI=1S/C19H26N2O2S/c1-19(2,3)17-13-11-16(12-14-17)15-21(24(22,23)20(4)5)18-9-7-6-8-10-18/h6-14H,15H2,1-5H3. The van der Waals surface area contributed by atoms with E-state index in [9.17, 15) is 8.42 Å². The van der Waals surface area contributed by atoms with Crippen molar-refractivity contribution in [2.24, 2.45) is 0 Å². The Balaban J connectivity index is 2.36. The van der Waals surface area contributed by atoms with Crippen molar-refractivity contribution >= 4 is 15.9 Å². The minimum Gasteiger partial charge on any atom is -0.253 e. The highest BCUT2D eigenvalue weighted by molar-refractivity contribution is 7.90. The van der Waals surface area contributed by atoms with Crippen LogP contribution >= 0.6 is 0 Å². The zero-order valence-corrected chi connectivity index (χ0v) is 15.8. The molecule has 0 unspecified atom stereocenters. The lowest BCUT2D eigenvalue weighted by molar-refractivity contribution is 0.515. The summed E-state index contributed by atoms with van der Waals surface area (Å²) in [7, 11) is -0.463. The van der Waals surface area contributed by atoms with Crippen molar-refractivity contribution in [1.29, 1.82) is 0 Å². The highest BCUT2D eigenvalue weighted by Gasteiger charge is 2.25. The molecule has 0 radical (unpaired) electrons. The Labute approximate surface area is 145 Å². The molecule has 2 rings (SSSR count). The molecule has 0 fully saturated rings. The summed E-state index contributed by atoms with van der Waals surface area (Å²) in [5, 5.41) is 0. The molecule has 2 aromatic carbocycles. The van der Waals surface area contributed by atoms with E-state index in [1.54, 1.807) is 14.1 Å². The Morgan fingerprint density at radius 2 is 1.42 bits per heavy atom. The molecular formula is C19H26N2O2S. The Morgan fingerprint density at radius 1 is 0.875 bits per heavy atom. The van der Waals surface area contributed by atoms with E-state index in [0.717, 1.165) is 5.56 Å². The maximum Gasteiger partial charge on any atom is 0.303 e. The van der Waals surface area contributed by atoms with Gasteiger partial charge in [0.1, 0.15) is 0 Å². The molecule has 0 aliphatic carbocycles. The number of para-hydroxylation sites is 1. The Kier molecular flexibility index (Phi) is 5.35. The summed E-state index contributed by atoms with van der Waals surface area (Å²) in [6.45, 7) is 6.79. The van der Waals surface area contributed by atoms with Crippen LogP contribution in [0.4, 0.5) is 5.69 Å². The molecule has 0 amide bonds. The van der Waals surface area contributed by atoms with E-state index in [0.29, 0.717) is 12.2 Å². The maximum atomic E-state index is 12.7. The van der Waals surface area contributed by atoms with Crippen molar-refractivity contribution in [2.45, 2.75) is 32.7 Å². The van der Waals surface area contributed by atoms with Crippen LogP contribution in [0.2, 0.25) is 0 Å². The second kappa shape index (κ2) is 6.95. The number of hydrogen-bond acceptors (Lipinski definition) is 2. The van der Waals surface area contributed by atoms with Crippen LogP contribution in [-0.4, -0.2) is 26.8 Å². The fraction of sp³-hybridized carbons (Fsp3) is 0.368. The first-order chi connectivity index (χ1) is 11.1. The van der Waals surface area contributed by atoms with Gasteiger partial charge in [0.2, 0.25) is 0 Å². The SMILES string of the molecule is CN(C)S(=O)(=O)N(Cc1ccc(C(C)(C)C)cc1)c1ccccc1. The lowest BCUT2D eigenvalue weighted by Crippen LogP contribution is -2.39. The normalized spacial score (nSPS) is 12.4. The third-order valence-electron chi connectivity index (χ3n) is 3.93. The second-order valence-electron chi connectivity index (χ2n) is 7.08. The van der Waals surface area contributed by atoms with Crippen molar-refractivity contribution in [2.75, 3.05) is 18.4 Å². The Bertz CT molecular complexity index is 761. The van der Waals surface area contributed by atoms with Gasteiger partial charge in [0.05, 0.1) is 12.2 Å². The van der Waals surface area contributed by atoms with E-state index in [1.807, 2.05) is 42.5 Å². The van der Waals surface area contributed by atoms with Gasteiger partial charge >= 0.3 is 10.2 Å². The van der Waals surface area contributed by atoms with Crippen molar-refractivity contribution in [3.63, 3.8) is 0 Å². The highest BCUT2D eigenvalue weighted by Crippen LogP contribution is 2.25. The molecule has 5 heteroatoms. The van der Waals surface area contributed by atoms with Gasteiger partial charge < -0.3 is 0 Å². The first kappa shape index (κ1) is 18.5. The summed E-state index contributed by atoms with van der Waals surface area (Å²) >= 11 is 0. The smallest absolute Gasteiger partial charge is 0.253 e. The lowest BCUT2D eigenvalue weighted by Gasteiger charge is -2.28. The van der Waals surface area contributed by atoms with E-state index in [4.69, 9.17) is 0 Å². The van der Waals surface area contributed by atoms with Crippen LogP contribution in [0.5, 0.6) is 0 Å². The zero-order chi connectivity index (χ0) is 18.0. The molecule has 0 atom stereocenters. The third-order valence-corrected chi connectivity index (χ3v) is 5.75. The second-order valence-corrected chi connectivity index (χ2v) is 9.15. The van der Waals surface area contributed by atoms with Gasteiger partial charge in [-0.25, -0.2) is 0 Å². The van der Waals surface area contributed by atoms with Gasteiger partial charge in [0, 0.05) is 14.1 Å². The first-order valence-corrected chi connectivity index (χ1v) is 9.37. The molecule has 24 heavy (non-hydrogen) atoms. The van der Waals surface area contributed by atoms with E-state index in [2.05, 4.69) is 32.9 Å². The minimum atomic E-state index is -3.56. The first-order valence-electron chi connectivity index (χ1n) is 7.97. The quantitative estimate of drug-likeness (QED) is 0.826. The van der Waals surface area contributed by atoms with Crippen molar-refractivity contribution in [3.8, 4) is 0 Å². The van der Waals surface area contributed by atoms with E-state index < -0.39 is 10.2 Å². The molecule has 0 saturated heterocycles. The van der Waals surface area contributed by atoms with Gasteiger partial charge in [0.25, 0.3) is 0 Å². The molecule has 0 aliphatic heterocycles. The number of nitrogens with zero attached hydrogens (tertiary/aromatic N) is 2. The van der Waals surface area contributed by atoms with Crippen LogP contribution in [0, 0.1) is 0 Å².